The summed E-state index contributed by atoms with van der Waals surface area (Å²) in [5.74, 6) is -1.47. The monoisotopic (exact) mass is 233 g/mol. The van der Waals surface area contributed by atoms with Gasteiger partial charge in [-0.2, -0.15) is 13.1 Å². The molecule has 0 aromatic heterocycles. The van der Waals surface area contributed by atoms with Crippen LogP contribution in [0, 0.1) is 0 Å². The molecular formula is C8H8FNO4S. The molecule has 1 aromatic carbocycles. The fourth-order valence-corrected chi connectivity index (χ4v) is 1.57. The fraction of sp³-hybridized carbons (Fsp3) is 0.125. The van der Waals surface area contributed by atoms with Crippen LogP contribution in [-0.2, 0) is 15.2 Å². The SMILES string of the molecule is O=C(O)C(NS(=O)(=O)F)c1ccccc1. The molecule has 0 spiro atoms. The summed E-state index contributed by atoms with van der Waals surface area (Å²) in [6.07, 6.45) is 0. The second-order valence-electron chi connectivity index (χ2n) is 2.74. The summed E-state index contributed by atoms with van der Waals surface area (Å²) in [7, 11) is -5.05. The summed E-state index contributed by atoms with van der Waals surface area (Å²) in [5, 5.41) is 8.70. The van der Waals surface area contributed by atoms with E-state index in [9.17, 15) is 17.1 Å². The van der Waals surface area contributed by atoms with E-state index < -0.39 is 22.4 Å². The maximum Gasteiger partial charge on any atom is 0.373 e. The van der Waals surface area contributed by atoms with Crippen LogP contribution in [0.15, 0.2) is 30.3 Å². The van der Waals surface area contributed by atoms with E-state index in [0.29, 0.717) is 0 Å². The number of hydrogen-bond donors (Lipinski definition) is 2. The third-order valence-corrected chi connectivity index (χ3v) is 2.16. The van der Waals surface area contributed by atoms with E-state index in [-0.39, 0.29) is 5.56 Å². The van der Waals surface area contributed by atoms with Gasteiger partial charge in [0.15, 0.2) is 0 Å². The number of halogens is 1. The summed E-state index contributed by atoms with van der Waals surface area (Å²) in [6.45, 7) is 0. The zero-order valence-electron chi connectivity index (χ0n) is 7.42. The van der Waals surface area contributed by atoms with Gasteiger partial charge < -0.3 is 5.11 Å². The predicted molar refractivity (Wildman–Crippen MR) is 50.0 cm³/mol. The molecule has 0 bridgehead atoms. The second kappa shape index (κ2) is 4.37. The van der Waals surface area contributed by atoms with Crippen LogP contribution in [-0.4, -0.2) is 19.5 Å². The average molecular weight is 233 g/mol. The van der Waals surface area contributed by atoms with Crippen molar-refractivity contribution in [2.45, 2.75) is 6.04 Å². The van der Waals surface area contributed by atoms with Crippen molar-refractivity contribution in [1.82, 2.24) is 4.72 Å². The molecule has 1 unspecified atom stereocenters. The molecule has 15 heavy (non-hydrogen) atoms. The Labute approximate surface area is 85.9 Å². The molecule has 2 N–H and O–H groups in total. The lowest BCUT2D eigenvalue weighted by Gasteiger charge is -2.10. The lowest BCUT2D eigenvalue weighted by atomic mass is 10.1. The Hall–Kier alpha value is -1.47. The van der Waals surface area contributed by atoms with Gasteiger partial charge in [0.1, 0.15) is 6.04 Å². The zero-order valence-corrected chi connectivity index (χ0v) is 8.24. The highest BCUT2D eigenvalue weighted by Crippen LogP contribution is 2.13. The van der Waals surface area contributed by atoms with Crippen LogP contribution in [0.3, 0.4) is 0 Å². The Kier molecular flexibility index (Phi) is 3.38. The molecule has 5 nitrogen and oxygen atoms in total. The minimum absolute atomic E-state index is 0.159. The fourth-order valence-electron chi connectivity index (χ4n) is 1.05. The topological polar surface area (TPSA) is 83.5 Å². The molecule has 82 valence electrons. The van der Waals surface area contributed by atoms with E-state index >= 15 is 0 Å². The molecule has 0 fully saturated rings. The van der Waals surface area contributed by atoms with E-state index in [1.165, 1.54) is 29.0 Å². The number of aliphatic carboxylic acids is 1. The highest BCUT2D eigenvalue weighted by molar-refractivity contribution is 7.84. The normalized spacial score (nSPS) is 13.4. The van der Waals surface area contributed by atoms with Gasteiger partial charge in [-0.3, -0.25) is 4.79 Å². The van der Waals surface area contributed by atoms with Crippen molar-refractivity contribution in [3.63, 3.8) is 0 Å². The predicted octanol–water partition coefficient (Wildman–Crippen LogP) is 0.616. The quantitative estimate of drug-likeness (QED) is 0.746. The first-order valence-corrected chi connectivity index (χ1v) is 5.28. The van der Waals surface area contributed by atoms with Crippen molar-refractivity contribution in [1.29, 1.82) is 0 Å². The Morgan fingerprint density at radius 3 is 2.27 bits per heavy atom. The zero-order chi connectivity index (χ0) is 11.5. The van der Waals surface area contributed by atoms with Crippen LogP contribution in [0.1, 0.15) is 11.6 Å². The highest BCUT2D eigenvalue weighted by Gasteiger charge is 2.24. The molecule has 1 rings (SSSR count). The van der Waals surface area contributed by atoms with Crippen LogP contribution in [0.25, 0.3) is 0 Å². The van der Waals surface area contributed by atoms with Gasteiger partial charge in [-0.25, -0.2) is 0 Å². The lowest BCUT2D eigenvalue weighted by molar-refractivity contribution is -0.139. The number of carbonyl (C=O) groups is 1. The molecule has 1 atom stereocenters. The molecular weight excluding hydrogens is 225 g/mol. The van der Waals surface area contributed by atoms with Crippen molar-refractivity contribution >= 4 is 16.4 Å². The number of rotatable bonds is 4. The minimum Gasteiger partial charge on any atom is -0.480 e. The molecule has 7 heteroatoms. The number of carboxylic acids is 1. The van der Waals surface area contributed by atoms with Crippen LogP contribution in [0.5, 0.6) is 0 Å². The minimum atomic E-state index is -5.05. The van der Waals surface area contributed by atoms with Crippen molar-refractivity contribution in [2.75, 3.05) is 0 Å². The van der Waals surface area contributed by atoms with E-state index in [1.807, 2.05) is 0 Å². The standard InChI is InChI=1S/C8H8FNO4S/c9-15(13,14)10-7(8(11)12)6-4-2-1-3-5-6/h1-5,7,10H,(H,11,12). The first-order valence-electron chi connectivity index (χ1n) is 3.90. The highest BCUT2D eigenvalue weighted by atomic mass is 32.3. The molecule has 0 amide bonds. The molecule has 1 aromatic rings. The van der Waals surface area contributed by atoms with E-state index in [4.69, 9.17) is 5.11 Å². The van der Waals surface area contributed by atoms with E-state index in [2.05, 4.69) is 0 Å². The van der Waals surface area contributed by atoms with Crippen LogP contribution in [0.2, 0.25) is 0 Å². The van der Waals surface area contributed by atoms with Crippen molar-refractivity contribution in [3.8, 4) is 0 Å². The smallest absolute Gasteiger partial charge is 0.373 e. The van der Waals surface area contributed by atoms with Crippen molar-refractivity contribution in [2.24, 2.45) is 0 Å². The first kappa shape index (κ1) is 11.6. The van der Waals surface area contributed by atoms with Gasteiger partial charge in [0, 0.05) is 0 Å². The van der Waals surface area contributed by atoms with Gasteiger partial charge in [0.25, 0.3) is 0 Å². The van der Waals surface area contributed by atoms with Crippen LogP contribution >= 0.6 is 0 Å². The van der Waals surface area contributed by atoms with Crippen LogP contribution in [0.4, 0.5) is 3.89 Å². The van der Waals surface area contributed by atoms with E-state index in [1.54, 1.807) is 6.07 Å². The van der Waals surface area contributed by atoms with Gasteiger partial charge in [0.2, 0.25) is 0 Å². The average Bonchev–Trinajstić information content (AvgIpc) is 2.14. The summed E-state index contributed by atoms with van der Waals surface area (Å²) in [4.78, 5) is 10.7. The molecule has 0 aliphatic carbocycles. The third kappa shape index (κ3) is 3.64. The van der Waals surface area contributed by atoms with Gasteiger partial charge in [0.05, 0.1) is 0 Å². The molecule has 0 aliphatic heterocycles. The molecule has 0 saturated carbocycles. The van der Waals surface area contributed by atoms with Crippen molar-refractivity contribution in [3.05, 3.63) is 35.9 Å². The van der Waals surface area contributed by atoms with Gasteiger partial charge in [-0.15, -0.1) is 0 Å². The Bertz CT molecular complexity index is 445. The molecule has 0 radical (unpaired) electrons. The van der Waals surface area contributed by atoms with Gasteiger partial charge in [-0.05, 0) is 5.56 Å². The van der Waals surface area contributed by atoms with Gasteiger partial charge >= 0.3 is 16.4 Å². The Balaban J connectivity index is 3.00. The van der Waals surface area contributed by atoms with Crippen LogP contribution < -0.4 is 4.72 Å². The summed E-state index contributed by atoms with van der Waals surface area (Å²) >= 11 is 0. The first-order chi connectivity index (χ1) is 6.90. The Morgan fingerprint density at radius 2 is 1.87 bits per heavy atom. The molecule has 0 saturated heterocycles. The maximum absolute atomic E-state index is 12.3. The molecule has 0 aliphatic rings. The summed E-state index contributed by atoms with van der Waals surface area (Å²) in [5.41, 5.74) is 0.159. The summed E-state index contributed by atoms with van der Waals surface area (Å²) < 4.78 is 34.2. The lowest BCUT2D eigenvalue weighted by Crippen LogP contribution is -2.31. The van der Waals surface area contributed by atoms with Crippen molar-refractivity contribution < 1.29 is 22.2 Å². The maximum atomic E-state index is 12.3. The number of hydrogen-bond acceptors (Lipinski definition) is 3. The summed E-state index contributed by atoms with van der Waals surface area (Å²) in [6, 6.07) is 5.84. The largest absolute Gasteiger partial charge is 0.480 e. The second-order valence-corrected chi connectivity index (χ2v) is 3.85. The Morgan fingerprint density at radius 1 is 1.33 bits per heavy atom. The van der Waals surface area contributed by atoms with E-state index in [0.717, 1.165) is 0 Å². The number of carboxylic acid groups (broad SMARTS) is 1. The third-order valence-electron chi connectivity index (χ3n) is 1.64. The molecule has 0 heterocycles. The number of nitrogens with one attached hydrogen (secondary N) is 1. The van der Waals surface area contributed by atoms with Gasteiger partial charge in [-0.1, -0.05) is 34.2 Å². The number of benzene rings is 1.